The lowest BCUT2D eigenvalue weighted by atomic mass is 9.91. The van der Waals surface area contributed by atoms with Gasteiger partial charge in [0.25, 0.3) is 0 Å². The van der Waals surface area contributed by atoms with Crippen LogP contribution in [0.2, 0.25) is 0 Å². The topological polar surface area (TPSA) is 0 Å². The van der Waals surface area contributed by atoms with Gasteiger partial charge in [0.05, 0.1) is 0 Å². The highest BCUT2D eigenvalue weighted by Gasteiger charge is 2.16. The van der Waals surface area contributed by atoms with Crippen LogP contribution in [0.4, 0.5) is 0 Å². The van der Waals surface area contributed by atoms with E-state index in [1.807, 2.05) is 23.5 Å². The molecular formula is C15H26S3. The molecule has 2 fully saturated rings. The molecule has 0 N–H and O–H groups in total. The molecule has 2 aliphatic rings. The van der Waals surface area contributed by atoms with Crippen LogP contribution in [-0.2, 0) is 0 Å². The molecule has 0 bridgehead atoms. The zero-order valence-electron chi connectivity index (χ0n) is 11.4. The van der Waals surface area contributed by atoms with E-state index in [1.165, 1.54) is 79.2 Å². The summed E-state index contributed by atoms with van der Waals surface area (Å²) in [5, 5.41) is 0. The third-order valence-electron chi connectivity index (χ3n) is 4.32. The summed E-state index contributed by atoms with van der Waals surface area (Å²) < 4.78 is 1.21. The van der Waals surface area contributed by atoms with E-state index < -0.39 is 0 Å². The number of hydrogen-bond donors (Lipinski definition) is 0. The van der Waals surface area contributed by atoms with Crippen LogP contribution in [-0.4, -0.2) is 15.0 Å². The van der Waals surface area contributed by atoms with Crippen LogP contribution in [0.5, 0.6) is 0 Å². The van der Waals surface area contributed by atoms with Gasteiger partial charge in [-0.05, 0) is 37.5 Å². The van der Waals surface area contributed by atoms with E-state index >= 15 is 0 Å². The molecule has 0 heterocycles. The second-order valence-corrected chi connectivity index (χ2v) is 9.12. The van der Waals surface area contributed by atoms with E-state index in [4.69, 9.17) is 12.2 Å². The van der Waals surface area contributed by atoms with E-state index in [0.29, 0.717) is 0 Å². The van der Waals surface area contributed by atoms with Crippen molar-refractivity contribution in [3.05, 3.63) is 0 Å². The molecule has 0 atom stereocenters. The van der Waals surface area contributed by atoms with Gasteiger partial charge >= 0.3 is 0 Å². The Morgan fingerprint density at radius 2 is 1.11 bits per heavy atom. The molecule has 0 amide bonds. The molecule has 0 radical (unpaired) electrons. The van der Waals surface area contributed by atoms with Crippen LogP contribution < -0.4 is 0 Å². The maximum atomic E-state index is 5.52. The lowest BCUT2D eigenvalue weighted by Crippen LogP contribution is -2.11. The van der Waals surface area contributed by atoms with Crippen molar-refractivity contribution < 1.29 is 0 Å². The van der Waals surface area contributed by atoms with Crippen molar-refractivity contribution in [1.82, 2.24) is 0 Å². The molecular weight excluding hydrogens is 276 g/mol. The second-order valence-electron chi connectivity index (χ2n) is 5.88. The molecule has 2 aliphatic carbocycles. The highest BCUT2D eigenvalue weighted by Crippen LogP contribution is 2.32. The number of hydrogen-bond acceptors (Lipinski definition) is 3. The van der Waals surface area contributed by atoms with Gasteiger partial charge in [0, 0.05) is 11.5 Å². The molecule has 0 aromatic carbocycles. The van der Waals surface area contributed by atoms with Gasteiger partial charge in [-0.25, -0.2) is 0 Å². The molecule has 0 saturated heterocycles. The van der Waals surface area contributed by atoms with E-state index in [-0.39, 0.29) is 0 Å². The zero-order valence-corrected chi connectivity index (χ0v) is 13.8. The van der Waals surface area contributed by atoms with Crippen molar-refractivity contribution in [1.29, 1.82) is 0 Å². The van der Waals surface area contributed by atoms with E-state index in [2.05, 4.69) is 0 Å². The summed E-state index contributed by atoms with van der Waals surface area (Å²) in [4.78, 5) is 0. The minimum atomic E-state index is 0.956. The van der Waals surface area contributed by atoms with Gasteiger partial charge < -0.3 is 0 Å². The summed E-state index contributed by atoms with van der Waals surface area (Å²) in [6.07, 6.45) is 14.5. The Morgan fingerprint density at radius 1 is 0.722 bits per heavy atom. The van der Waals surface area contributed by atoms with Gasteiger partial charge in [0.1, 0.15) is 3.53 Å². The number of rotatable bonds is 4. The van der Waals surface area contributed by atoms with E-state index in [9.17, 15) is 0 Å². The Morgan fingerprint density at radius 3 is 1.50 bits per heavy atom. The Hall–Kier alpha value is 0.790. The highest BCUT2D eigenvalue weighted by molar-refractivity contribution is 8.47. The minimum absolute atomic E-state index is 0.956. The molecule has 0 nitrogen and oxygen atoms in total. The van der Waals surface area contributed by atoms with Gasteiger partial charge in [-0.2, -0.15) is 0 Å². The zero-order chi connectivity index (χ0) is 12.6. The molecule has 0 spiro atoms. The summed E-state index contributed by atoms with van der Waals surface area (Å²) >= 11 is 9.45. The molecule has 2 rings (SSSR count). The van der Waals surface area contributed by atoms with Gasteiger partial charge in [-0.1, -0.05) is 50.7 Å². The average molecular weight is 303 g/mol. The minimum Gasteiger partial charge on any atom is -0.108 e. The largest absolute Gasteiger partial charge is 0.108 e. The number of thiocarbonyl (C=S) groups is 1. The standard InChI is InChI=1S/C15H26S3/c16-15(17-11-13-7-3-1-4-8-13)18-12-14-9-5-2-6-10-14/h13-14H,1-12H2. The molecule has 2 saturated carbocycles. The first-order chi connectivity index (χ1) is 8.84. The summed E-state index contributed by atoms with van der Waals surface area (Å²) in [6.45, 7) is 0. The SMILES string of the molecule is S=C(SCC1CCCCC1)SCC1CCCCC1. The van der Waals surface area contributed by atoms with Crippen molar-refractivity contribution in [3.63, 3.8) is 0 Å². The summed E-state index contributed by atoms with van der Waals surface area (Å²) in [5.41, 5.74) is 0. The summed E-state index contributed by atoms with van der Waals surface area (Å²) in [7, 11) is 0. The van der Waals surface area contributed by atoms with E-state index in [1.54, 1.807) is 0 Å². The van der Waals surface area contributed by atoms with E-state index in [0.717, 1.165) is 11.8 Å². The molecule has 104 valence electrons. The fraction of sp³-hybridized carbons (Fsp3) is 0.933. The first-order valence-electron chi connectivity index (χ1n) is 7.64. The Labute approximate surface area is 126 Å². The van der Waals surface area contributed by atoms with Crippen LogP contribution in [0.15, 0.2) is 0 Å². The quantitative estimate of drug-likeness (QED) is 0.593. The molecule has 0 aromatic rings. The first kappa shape index (κ1) is 15.2. The lowest BCUT2D eigenvalue weighted by molar-refractivity contribution is 0.391. The van der Waals surface area contributed by atoms with Crippen molar-refractivity contribution in [2.75, 3.05) is 11.5 Å². The van der Waals surface area contributed by atoms with Crippen LogP contribution in [0.25, 0.3) is 0 Å². The average Bonchev–Trinajstić information content (AvgIpc) is 2.45. The Kier molecular flexibility index (Phi) is 7.47. The normalized spacial score (nSPS) is 23.1. The highest BCUT2D eigenvalue weighted by atomic mass is 32.2. The second kappa shape index (κ2) is 8.86. The van der Waals surface area contributed by atoms with Crippen molar-refractivity contribution in [2.24, 2.45) is 11.8 Å². The monoisotopic (exact) mass is 302 g/mol. The molecule has 0 unspecified atom stereocenters. The summed E-state index contributed by atoms with van der Waals surface area (Å²) in [6, 6.07) is 0. The predicted octanol–water partition coefficient (Wildman–Crippen LogP) is 5.90. The molecule has 18 heavy (non-hydrogen) atoms. The van der Waals surface area contributed by atoms with Crippen LogP contribution >= 0.6 is 35.7 Å². The third kappa shape index (κ3) is 5.83. The van der Waals surface area contributed by atoms with Crippen LogP contribution in [0.1, 0.15) is 64.2 Å². The molecule has 0 aliphatic heterocycles. The molecule has 0 aromatic heterocycles. The van der Waals surface area contributed by atoms with Gasteiger partial charge in [0.2, 0.25) is 0 Å². The maximum absolute atomic E-state index is 5.52. The van der Waals surface area contributed by atoms with Crippen LogP contribution in [0.3, 0.4) is 0 Å². The van der Waals surface area contributed by atoms with Crippen LogP contribution in [0, 0.1) is 11.8 Å². The van der Waals surface area contributed by atoms with Crippen molar-refractivity contribution in [2.45, 2.75) is 64.2 Å². The fourth-order valence-corrected chi connectivity index (χ4v) is 5.68. The van der Waals surface area contributed by atoms with Crippen molar-refractivity contribution >= 4 is 39.3 Å². The predicted molar refractivity (Wildman–Crippen MR) is 90.7 cm³/mol. The van der Waals surface area contributed by atoms with Gasteiger partial charge in [-0.3, -0.25) is 0 Å². The molecule has 3 heteroatoms. The van der Waals surface area contributed by atoms with Gasteiger partial charge in [-0.15, -0.1) is 23.5 Å². The lowest BCUT2D eigenvalue weighted by Gasteiger charge is -2.22. The third-order valence-corrected chi connectivity index (χ3v) is 7.49. The van der Waals surface area contributed by atoms with Gasteiger partial charge in [0.15, 0.2) is 0 Å². The number of thioether (sulfide) groups is 2. The fourth-order valence-electron chi connectivity index (χ4n) is 3.12. The van der Waals surface area contributed by atoms with Crippen molar-refractivity contribution in [3.8, 4) is 0 Å². The maximum Gasteiger partial charge on any atom is 0.104 e. The first-order valence-corrected chi connectivity index (χ1v) is 10.0. The Bertz CT molecular complexity index is 216. The smallest absolute Gasteiger partial charge is 0.104 e. The summed E-state index contributed by atoms with van der Waals surface area (Å²) in [5.74, 6) is 4.49. The Balaban J connectivity index is 1.54.